The van der Waals surface area contributed by atoms with Gasteiger partial charge in [-0.25, -0.2) is 9.59 Å². The van der Waals surface area contributed by atoms with Crippen molar-refractivity contribution in [3.8, 4) is 0 Å². The molecule has 1 aromatic rings. The molecule has 0 aliphatic carbocycles. The number of fused-ring (bicyclic) bond motifs is 1. The molecule has 0 spiro atoms. The first kappa shape index (κ1) is 15.3. The summed E-state index contributed by atoms with van der Waals surface area (Å²) in [6.07, 6.45) is 0.338. The van der Waals surface area contributed by atoms with Crippen molar-refractivity contribution >= 4 is 12.0 Å². The van der Waals surface area contributed by atoms with Gasteiger partial charge in [0.2, 0.25) is 0 Å². The number of carbonyl (C=O) groups excluding carboxylic acids is 1. The van der Waals surface area contributed by atoms with Crippen LogP contribution in [0.25, 0.3) is 0 Å². The van der Waals surface area contributed by atoms with Crippen molar-refractivity contribution in [3.05, 3.63) is 35.4 Å². The van der Waals surface area contributed by atoms with E-state index in [1.54, 1.807) is 0 Å². The van der Waals surface area contributed by atoms with E-state index in [4.69, 9.17) is 4.74 Å². The summed E-state index contributed by atoms with van der Waals surface area (Å²) in [6, 6.07) is 6.42. The molecular weight excluding hydrogens is 272 g/mol. The average Bonchev–Trinajstić information content (AvgIpc) is 2.50. The molecule has 2 N–H and O–H groups in total. The van der Waals surface area contributed by atoms with Crippen molar-refractivity contribution in [2.45, 2.75) is 25.9 Å². The SMILES string of the molecule is CCOCCNC(=O)N1Cc2ccccc2CC1C(=O)O. The van der Waals surface area contributed by atoms with Crippen LogP contribution in [-0.2, 0) is 22.5 Å². The summed E-state index contributed by atoms with van der Waals surface area (Å²) in [5.74, 6) is -0.982. The lowest BCUT2D eigenvalue weighted by atomic mass is 9.94. The molecule has 21 heavy (non-hydrogen) atoms. The fraction of sp³-hybridized carbons (Fsp3) is 0.467. The van der Waals surface area contributed by atoms with Crippen molar-refractivity contribution in [3.63, 3.8) is 0 Å². The molecule has 0 aromatic heterocycles. The first-order valence-electron chi connectivity index (χ1n) is 7.05. The molecule has 1 aliphatic heterocycles. The first-order valence-corrected chi connectivity index (χ1v) is 7.05. The number of hydrogen-bond acceptors (Lipinski definition) is 3. The lowest BCUT2D eigenvalue weighted by Gasteiger charge is -2.34. The van der Waals surface area contributed by atoms with Gasteiger partial charge in [-0.1, -0.05) is 24.3 Å². The Kier molecular flexibility index (Phi) is 5.16. The second kappa shape index (κ2) is 7.08. The maximum absolute atomic E-state index is 12.2. The Labute approximate surface area is 123 Å². The molecule has 1 heterocycles. The minimum atomic E-state index is -0.982. The molecule has 2 rings (SSSR count). The summed E-state index contributed by atoms with van der Waals surface area (Å²) in [4.78, 5) is 25.0. The number of carboxylic acid groups (broad SMARTS) is 1. The summed E-state index contributed by atoms with van der Waals surface area (Å²) in [5, 5.41) is 12.0. The number of nitrogens with one attached hydrogen (secondary N) is 1. The second-order valence-electron chi connectivity index (χ2n) is 4.88. The molecule has 0 saturated carbocycles. The van der Waals surface area contributed by atoms with Gasteiger partial charge in [-0.15, -0.1) is 0 Å². The van der Waals surface area contributed by atoms with Crippen LogP contribution in [-0.4, -0.2) is 47.8 Å². The van der Waals surface area contributed by atoms with Crippen LogP contribution in [0.2, 0.25) is 0 Å². The number of aliphatic carboxylic acids is 1. The Morgan fingerprint density at radius 3 is 2.76 bits per heavy atom. The highest BCUT2D eigenvalue weighted by Crippen LogP contribution is 2.23. The summed E-state index contributed by atoms with van der Waals surface area (Å²) in [5.41, 5.74) is 1.98. The van der Waals surface area contributed by atoms with E-state index < -0.39 is 12.0 Å². The highest BCUT2D eigenvalue weighted by molar-refractivity contribution is 5.83. The quantitative estimate of drug-likeness (QED) is 0.800. The Morgan fingerprint density at radius 2 is 2.10 bits per heavy atom. The number of rotatable bonds is 5. The molecule has 1 unspecified atom stereocenters. The number of nitrogens with zero attached hydrogens (tertiary/aromatic N) is 1. The molecule has 0 bridgehead atoms. The van der Waals surface area contributed by atoms with Crippen molar-refractivity contribution in [1.82, 2.24) is 10.2 Å². The Bertz CT molecular complexity index is 518. The lowest BCUT2D eigenvalue weighted by Crippen LogP contribution is -2.52. The third kappa shape index (κ3) is 3.72. The van der Waals surface area contributed by atoms with E-state index in [2.05, 4.69) is 5.32 Å². The summed E-state index contributed by atoms with van der Waals surface area (Å²) < 4.78 is 5.15. The number of carboxylic acids is 1. The zero-order valence-corrected chi connectivity index (χ0v) is 12.0. The van der Waals surface area contributed by atoms with E-state index in [9.17, 15) is 14.7 Å². The first-order chi connectivity index (χ1) is 10.1. The molecular formula is C15H20N2O4. The van der Waals surface area contributed by atoms with E-state index in [-0.39, 0.29) is 6.03 Å². The van der Waals surface area contributed by atoms with E-state index in [1.165, 1.54) is 4.90 Å². The largest absolute Gasteiger partial charge is 0.480 e. The Hall–Kier alpha value is -2.08. The molecule has 0 saturated heterocycles. The van der Waals surface area contributed by atoms with Crippen LogP contribution in [0, 0.1) is 0 Å². The van der Waals surface area contributed by atoms with E-state index in [1.807, 2.05) is 31.2 Å². The zero-order valence-electron chi connectivity index (χ0n) is 12.0. The number of amides is 2. The van der Waals surface area contributed by atoms with Gasteiger partial charge in [0.15, 0.2) is 0 Å². The molecule has 0 radical (unpaired) electrons. The van der Waals surface area contributed by atoms with Crippen LogP contribution >= 0.6 is 0 Å². The summed E-state index contributed by atoms with van der Waals surface area (Å²) in [7, 11) is 0. The number of hydrogen-bond donors (Lipinski definition) is 2. The fourth-order valence-corrected chi connectivity index (χ4v) is 2.43. The molecule has 1 aliphatic rings. The van der Waals surface area contributed by atoms with Crippen molar-refractivity contribution < 1.29 is 19.4 Å². The van der Waals surface area contributed by atoms with Gasteiger partial charge in [-0.05, 0) is 18.1 Å². The van der Waals surface area contributed by atoms with Crippen LogP contribution < -0.4 is 5.32 Å². The predicted octanol–water partition coefficient (Wildman–Crippen LogP) is 1.24. The molecule has 1 aromatic carbocycles. The number of urea groups is 1. The number of carbonyl (C=O) groups is 2. The second-order valence-corrected chi connectivity index (χ2v) is 4.88. The molecule has 6 nitrogen and oxygen atoms in total. The predicted molar refractivity (Wildman–Crippen MR) is 77.0 cm³/mol. The Balaban J connectivity index is 2.06. The zero-order chi connectivity index (χ0) is 15.2. The lowest BCUT2D eigenvalue weighted by molar-refractivity contribution is -0.142. The standard InChI is InChI=1S/C15H20N2O4/c1-2-21-8-7-16-15(20)17-10-12-6-4-3-5-11(12)9-13(17)14(18)19/h3-6,13H,2,7-10H2,1H3,(H,16,20)(H,18,19). The molecule has 6 heteroatoms. The van der Waals surface area contributed by atoms with Crippen LogP contribution in [0.3, 0.4) is 0 Å². The van der Waals surface area contributed by atoms with Gasteiger partial charge in [-0.2, -0.15) is 0 Å². The van der Waals surface area contributed by atoms with E-state index >= 15 is 0 Å². The highest BCUT2D eigenvalue weighted by atomic mass is 16.5. The monoisotopic (exact) mass is 292 g/mol. The molecule has 2 amide bonds. The van der Waals surface area contributed by atoms with Crippen molar-refractivity contribution in [2.75, 3.05) is 19.8 Å². The fourth-order valence-electron chi connectivity index (χ4n) is 2.43. The average molecular weight is 292 g/mol. The molecule has 114 valence electrons. The van der Waals surface area contributed by atoms with Crippen LogP contribution in [0.1, 0.15) is 18.1 Å². The van der Waals surface area contributed by atoms with Gasteiger partial charge in [0.25, 0.3) is 0 Å². The van der Waals surface area contributed by atoms with Crippen molar-refractivity contribution in [1.29, 1.82) is 0 Å². The van der Waals surface area contributed by atoms with E-state index in [0.717, 1.165) is 11.1 Å². The van der Waals surface area contributed by atoms with Crippen LogP contribution in [0.5, 0.6) is 0 Å². The third-order valence-corrected chi connectivity index (χ3v) is 3.52. The van der Waals surface area contributed by atoms with Gasteiger partial charge in [-0.3, -0.25) is 0 Å². The van der Waals surface area contributed by atoms with E-state index in [0.29, 0.717) is 32.7 Å². The van der Waals surface area contributed by atoms with Crippen LogP contribution in [0.15, 0.2) is 24.3 Å². The maximum atomic E-state index is 12.2. The van der Waals surface area contributed by atoms with Crippen LogP contribution in [0.4, 0.5) is 4.79 Å². The van der Waals surface area contributed by atoms with Crippen molar-refractivity contribution in [2.24, 2.45) is 0 Å². The number of benzene rings is 1. The third-order valence-electron chi connectivity index (χ3n) is 3.52. The molecule has 1 atom stereocenters. The minimum absolute atomic E-state index is 0.313. The minimum Gasteiger partial charge on any atom is -0.480 e. The highest BCUT2D eigenvalue weighted by Gasteiger charge is 2.34. The van der Waals surface area contributed by atoms with Gasteiger partial charge < -0.3 is 20.1 Å². The smallest absolute Gasteiger partial charge is 0.326 e. The summed E-state index contributed by atoms with van der Waals surface area (Å²) >= 11 is 0. The van der Waals surface area contributed by atoms with Gasteiger partial charge in [0, 0.05) is 26.1 Å². The normalized spacial score (nSPS) is 17.2. The number of ether oxygens (including phenoxy) is 1. The molecule has 0 fully saturated rings. The topological polar surface area (TPSA) is 78.9 Å². The van der Waals surface area contributed by atoms with Gasteiger partial charge in [0.1, 0.15) is 6.04 Å². The van der Waals surface area contributed by atoms with Gasteiger partial charge in [0.05, 0.1) is 6.61 Å². The Morgan fingerprint density at radius 1 is 1.38 bits per heavy atom. The van der Waals surface area contributed by atoms with Gasteiger partial charge >= 0.3 is 12.0 Å². The summed E-state index contributed by atoms with van der Waals surface area (Å²) in [6.45, 7) is 3.57. The maximum Gasteiger partial charge on any atom is 0.326 e.